The Kier molecular flexibility index (Phi) is 4.42. The highest BCUT2D eigenvalue weighted by Crippen LogP contribution is 2.20. The van der Waals surface area contributed by atoms with Crippen LogP contribution in [0.2, 0.25) is 0 Å². The molecule has 1 aromatic rings. The number of hydrogen-bond donors (Lipinski definition) is 1. The third-order valence-electron chi connectivity index (χ3n) is 3.40. The predicted molar refractivity (Wildman–Crippen MR) is 76.3 cm³/mol. The fourth-order valence-electron chi connectivity index (χ4n) is 2.27. The number of hydrogen-bond acceptors (Lipinski definition) is 2. The van der Waals surface area contributed by atoms with Gasteiger partial charge in [0.15, 0.2) is 0 Å². The van der Waals surface area contributed by atoms with Crippen LogP contribution in [0.5, 0.6) is 0 Å². The summed E-state index contributed by atoms with van der Waals surface area (Å²) in [6.45, 7) is 3.61. The van der Waals surface area contributed by atoms with Gasteiger partial charge in [-0.2, -0.15) is 0 Å². The molecule has 0 aromatic heterocycles. The van der Waals surface area contributed by atoms with Gasteiger partial charge in [0.25, 0.3) is 0 Å². The minimum absolute atomic E-state index is 0.155. The van der Waals surface area contributed by atoms with E-state index in [-0.39, 0.29) is 36.6 Å². The Morgan fingerprint density at radius 3 is 2.75 bits per heavy atom. The van der Waals surface area contributed by atoms with E-state index in [1.165, 1.54) is 6.07 Å². The molecule has 1 aliphatic heterocycles. The maximum absolute atomic E-state index is 13.9. The van der Waals surface area contributed by atoms with Gasteiger partial charge >= 0.3 is 0 Å². The van der Waals surface area contributed by atoms with E-state index in [1.807, 2.05) is 0 Å². The summed E-state index contributed by atoms with van der Waals surface area (Å²) in [6.07, 6.45) is 0.230. The molecule has 4 nitrogen and oxygen atoms in total. The first-order valence-electron chi connectivity index (χ1n) is 6.42. The van der Waals surface area contributed by atoms with Gasteiger partial charge in [-0.3, -0.25) is 9.59 Å². The normalized spacial score (nSPS) is 23.5. The van der Waals surface area contributed by atoms with Gasteiger partial charge in [0, 0.05) is 29.0 Å². The second-order valence-corrected chi connectivity index (χ2v) is 5.96. The lowest BCUT2D eigenvalue weighted by molar-refractivity contribution is -0.135. The summed E-state index contributed by atoms with van der Waals surface area (Å²) in [5.74, 6) is -0.710. The molecule has 2 rings (SSSR count). The highest BCUT2D eigenvalue weighted by atomic mass is 79.9. The summed E-state index contributed by atoms with van der Waals surface area (Å²) in [5, 5.41) is 2.63. The first kappa shape index (κ1) is 15.0. The topological polar surface area (TPSA) is 49.4 Å². The van der Waals surface area contributed by atoms with Crippen LogP contribution < -0.4 is 5.32 Å². The lowest BCUT2D eigenvalue weighted by atomic mass is 10.1. The van der Waals surface area contributed by atoms with Crippen molar-refractivity contribution in [2.45, 2.75) is 38.9 Å². The molecule has 1 aromatic carbocycles. The maximum Gasteiger partial charge on any atom is 0.245 e. The van der Waals surface area contributed by atoms with Crippen molar-refractivity contribution in [1.82, 2.24) is 10.2 Å². The molecule has 2 unspecified atom stereocenters. The monoisotopic (exact) mass is 342 g/mol. The van der Waals surface area contributed by atoms with E-state index >= 15 is 0 Å². The summed E-state index contributed by atoms with van der Waals surface area (Å²) < 4.78 is 14.5. The molecule has 20 heavy (non-hydrogen) atoms. The van der Waals surface area contributed by atoms with Crippen molar-refractivity contribution in [3.05, 3.63) is 34.1 Å². The number of nitrogens with zero attached hydrogens (tertiary/aromatic N) is 1. The molecule has 0 saturated carbocycles. The molecule has 1 heterocycles. The number of carbonyl (C=O) groups is 2. The summed E-state index contributed by atoms with van der Waals surface area (Å²) in [6, 6.07) is 3.92. The largest absolute Gasteiger partial charge is 0.345 e. The van der Waals surface area contributed by atoms with Gasteiger partial charge < -0.3 is 10.2 Å². The average molecular weight is 343 g/mol. The average Bonchev–Trinajstić information content (AvgIpc) is 2.44. The SMILES string of the molecule is CC1NC(=O)CC(C)N(Cc2ccc(Br)cc2F)C1=O. The van der Waals surface area contributed by atoms with Crippen LogP contribution in [0.25, 0.3) is 0 Å². The molecule has 0 aliphatic carbocycles. The maximum atomic E-state index is 13.9. The Labute approximate surface area is 125 Å². The van der Waals surface area contributed by atoms with Crippen LogP contribution in [0.1, 0.15) is 25.8 Å². The quantitative estimate of drug-likeness (QED) is 0.895. The summed E-state index contributed by atoms with van der Waals surface area (Å²) in [5.41, 5.74) is 0.440. The van der Waals surface area contributed by atoms with Crippen LogP contribution in [0.3, 0.4) is 0 Å². The lowest BCUT2D eigenvalue weighted by Gasteiger charge is -2.28. The first-order chi connectivity index (χ1) is 9.38. The Hall–Kier alpha value is -1.43. The smallest absolute Gasteiger partial charge is 0.245 e. The second kappa shape index (κ2) is 5.91. The number of halogens is 2. The Morgan fingerprint density at radius 2 is 2.10 bits per heavy atom. The Bertz CT molecular complexity index is 550. The third kappa shape index (κ3) is 3.17. The number of nitrogens with one attached hydrogen (secondary N) is 1. The van der Waals surface area contributed by atoms with Crippen LogP contribution in [-0.4, -0.2) is 28.8 Å². The third-order valence-corrected chi connectivity index (χ3v) is 3.89. The van der Waals surface area contributed by atoms with Gasteiger partial charge in [0.2, 0.25) is 11.8 Å². The summed E-state index contributed by atoms with van der Waals surface area (Å²) in [4.78, 5) is 25.4. The molecule has 2 atom stereocenters. The zero-order chi connectivity index (χ0) is 14.9. The molecule has 1 N–H and O–H groups in total. The van der Waals surface area contributed by atoms with Crippen molar-refractivity contribution in [2.24, 2.45) is 0 Å². The number of benzene rings is 1. The van der Waals surface area contributed by atoms with Gasteiger partial charge in [0.05, 0.1) is 0 Å². The Balaban J connectivity index is 2.25. The molecular weight excluding hydrogens is 327 g/mol. The fourth-order valence-corrected chi connectivity index (χ4v) is 2.61. The zero-order valence-electron chi connectivity index (χ0n) is 11.3. The lowest BCUT2D eigenvalue weighted by Crippen LogP contribution is -2.44. The van der Waals surface area contributed by atoms with Gasteiger partial charge in [-0.15, -0.1) is 0 Å². The predicted octanol–water partition coefficient (Wildman–Crippen LogP) is 2.21. The molecule has 0 radical (unpaired) electrons. The second-order valence-electron chi connectivity index (χ2n) is 5.04. The van der Waals surface area contributed by atoms with Gasteiger partial charge in [-0.25, -0.2) is 4.39 Å². The molecule has 1 fully saturated rings. The summed E-state index contributed by atoms with van der Waals surface area (Å²) in [7, 11) is 0. The summed E-state index contributed by atoms with van der Waals surface area (Å²) >= 11 is 3.20. The number of carbonyl (C=O) groups excluding carboxylic acids is 2. The van der Waals surface area contributed by atoms with E-state index in [4.69, 9.17) is 0 Å². The molecular formula is C14H16BrFN2O2. The van der Waals surface area contributed by atoms with E-state index < -0.39 is 6.04 Å². The molecule has 0 bridgehead atoms. The van der Waals surface area contributed by atoms with E-state index in [0.29, 0.717) is 10.0 Å². The highest BCUT2D eigenvalue weighted by molar-refractivity contribution is 9.10. The minimum Gasteiger partial charge on any atom is -0.345 e. The van der Waals surface area contributed by atoms with Crippen LogP contribution in [0.15, 0.2) is 22.7 Å². The molecule has 0 spiro atoms. The van der Waals surface area contributed by atoms with E-state index in [9.17, 15) is 14.0 Å². The van der Waals surface area contributed by atoms with Gasteiger partial charge in [-0.1, -0.05) is 22.0 Å². The van der Waals surface area contributed by atoms with Crippen LogP contribution in [-0.2, 0) is 16.1 Å². The Morgan fingerprint density at radius 1 is 1.40 bits per heavy atom. The van der Waals surface area contributed by atoms with Crippen LogP contribution >= 0.6 is 15.9 Å². The van der Waals surface area contributed by atoms with Crippen LogP contribution in [0, 0.1) is 5.82 Å². The molecule has 1 saturated heterocycles. The number of amides is 2. The van der Waals surface area contributed by atoms with Crippen molar-refractivity contribution >= 4 is 27.7 Å². The van der Waals surface area contributed by atoms with E-state index in [0.717, 1.165) is 0 Å². The highest BCUT2D eigenvalue weighted by Gasteiger charge is 2.31. The van der Waals surface area contributed by atoms with Crippen molar-refractivity contribution in [2.75, 3.05) is 0 Å². The molecule has 6 heteroatoms. The van der Waals surface area contributed by atoms with E-state index in [2.05, 4.69) is 21.2 Å². The standard InChI is InChI=1S/C14H16BrFN2O2/c1-8-5-13(19)17-9(2)14(20)18(8)7-10-3-4-11(15)6-12(10)16/h3-4,6,8-9H,5,7H2,1-2H3,(H,17,19). The van der Waals surface area contributed by atoms with Gasteiger partial charge in [0.1, 0.15) is 11.9 Å². The molecule has 1 aliphatic rings. The van der Waals surface area contributed by atoms with Crippen LogP contribution in [0.4, 0.5) is 4.39 Å². The molecule has 2 amide bonds. The van der Waals surface area contributed by atoms with E-state index in [1.54, 1.807) is 30.9 Å². The fraction of sp³-hybridized carbons (Fsp3) is 0.429. The minimum atomic E-state index is -0.578. The van der Waals surface area contributed by atoms with Crippen molar-refractivity contribution in [3.8, 4) is 0 Å². The van der Waals surface area contributed by atoms with Crippen molar-refractivity contribution in [3.63, 3.8) is 0 Å². The molecule has 108 valence electrons. The number of rotatable bonds is 2. The van der Waals surface area contributed by atoms with Gasteiger partial charge in [-0.05, 0) is 26.0 Å². The first-order valence-corrected chi connectivity index (χ1v) is 7.21. The van der Waals surface area contributed by atoms with Crippen molar-refractivity contribution in [1.29, 1.82) is 0 Å². The zero-order valence-corrected chi connectivity index (χ0v) is 12.9. The van der Waals surface area contributed by atoms with Crippen molar-refractivity contribution < 1.29 is 14.0 Å².